The van der Waals surface area contributed by atoms with Crippen LogP contribution in [0.3, 0.4) is 0 Å². The highest BCUT2D eigenvalue weighted by atomic mass is 16.3. The predicted molar refractivity (Wildman–Crippen MR) is 210 cm³/mol. The van der Waals surface area contributed by atoms with Crippen molar-refractivity contribution in [2.24, 2.45) is 0 Å². The summed E-state index contributed by atoms with van der Waals surface area (Å²) in [5.74, 6) is 0. The minimum absolute atomic E-state index is 0.321. The molecule has 0 fully saturated rings. The highest BCUT2D eigenvalue weighted by molar-refractivity contribution is 6.06. The number of furan rings is 1. The number of rotatable bonds is 4. The van der Waals surface area contributed by atoms with E-state index in [0.717, 1.165) is 39.0 Å². The van der Waals surface area contributed by atoms with Gasteiger partial charge in [0.1, 0.15) is 11.2 Å². The third kappa shape index (κ3) is 3.93. The molecule has 11 rings (SSSR count). The van der Waals surface area contributed by atoms with Gasteiger partial charge in [0.05, 0.1) is 5.41 Å². The molecule has 8 aromatic carbocycles. The molecule has 0 aliphatic heterocycles. The summed E-state index contributed by atoms with van der Waals surface area (Å²) in [6.45, 7) is 0. The third-order valence-electron chi connectivity index (χ3n) is 11.1. The van der Waals surface area contributed by atoms with E-state index in [2.05, 4.69) is 181 Å². The zero-order valence-electron chi connectivity index (χ0n) is 27.8. The molecule has 0 unspecified atom stereocenters. The minimum Gasteiger partial charge on any atom is -0.456 e. The fourth-order valence-electron chi connectivity index (χ4n) is 8.96. The van der Waals surface area contributed by atoms with Gasteiger partial charge in [-0.3, -0.25) is 0 Å². The molecule has 0 atom stereocenters. The maximum Gasteiger partial charge on any atom is 0.137 e. The molecule has 9 aromatic rings. The number of fused-ring (bicyclic) bond motifs is 13. The van der Waals surface area contributed by atoms with Crippen LogP contribution in [0, 0.1) is 0 Å². The van der Waals surface area contributed by atoms with E-state index in [4.69, 9.17) is 4.42 Å². The molecule has 2 aliphatic carbocycles. The SMILES string of the molecule is c1ccc(N(c2ccc(-c3ccc4c(c3)-c3ccccc3C43c4ccccc4-c4ccccc43)cc2)c2ccc3c(c2)oc2ccccc23)cc1. The standard InChI is InChI=1S/C49H31NO/c1-2-12-34(13-3-1)50(36-27-28-41-40-17-7-11-21-47(40)51-48(41)31-36)35-25-22-32(23-26-35)33-24-29-46-42(30-33)39-16-6-10-20-45(39)49(46)43-18-8-4-14-37(43)38-15-5-9-19-44(38)49/h1-31H. The Morgan fingerprint density at radius 2 is 0.843 bits per heavy atom. The number of para-hydroxylation sites is 2. The molecule has 0 bridgehead atoms. The summed E-state index contributed by atoms with van der Waals surface area (Å²) in [5.41, 5.74) is 17.9. The van der Waals surface area contributed by atoms with Gasteiger partial charge in [-0.05, 0) is 104 Å². The van der Waals surface area contributed by atoms with Crippen molar-refractivity contribution < 1.29 is 4.42 Å². The Morgan fingerprint density at radius 3 is 1.55 bits per heavy atom. The van der Waals surface area contributed by atoms with E-state index in [1.54, 1.807) is 0 Å². The first-order valence-electron chi connectivity index (χ1n) is 17.6. The average Bonchev–Trinajstić information content (AvgIpc) is 3.82. The van der Waals surface area contributed by atoms with Gasteiger partial charge in [-0.2, -0.15) is 0 Å². The van der Waals surface area contributed by atoms with Gasteiger partial charge < -0.3 is 9.32 Å². The van der Waals surface area contributed by atoms with Crippen LogP contribution in [0.1, 0.15) is 22.3 Å². The Morgan fingerprint density at radius 1 is 0.333 bits per heavy atom. The Hall–Kier alpha value is -6.64. The monoisotopic (exact) mass is 649 g/mol. The molecule has 0 amide bonds. The molecule has 2 heteroatoms. The van der Waals surface area contributed by atoms with Gasteiger partial charge in [0.15, 0.2) is 0 Å². The molecular weight excluding hydrogens is 619 g/mol. The summed E-state index contributed by atoms with van der Waals surface area (Å²) in [6, 6.07) is 68.4. The first-order chi connectivity index (χ1) is 25.3. The van der Waals surface area contributed by atoms with Crippen molar-refractivity contribution in [1.82, 2.24) is 0 Å². The molecule has 0 saturated carbocycles. The van der Waals surface area contributed by atoms with Crippen LogP contribution >= 0.6 is 0 Å². The molecule has 2 nitrogen and oxygen atoms in total. The Balaban J connectivity index is 1.03. The lowest BCUT2D eigenvalue weighted by Crippen LogP contribution is -2.25. The molecule has 51 heavy (non-hydrogen) atoms. The van der Waals surface area contributed by atoms with Crippen LogP contribution in [0.5, 0.6) is 0 Å². The largest absolute Gasteiger partial charge is 0.456 e. The smallest absolute Gasteiger partial charge is 0.137 e. The number of benzene rings is 8. The van der Waals surface area contributed by atoms with Crippen molar-refractivity contribution in [3.8, 4) is 33.4 Å². The van der Waals surface area contributed by atoms with Gasteiger partial charge in [-0.15, -0.1) is 0 Å². The maximum absolute atomic E-state index is 6.30. The predicted octanol–water partition coefficient (Wildman–Crippen LogP) is 13.1. The highest BCUT2D eigenvalue weighted by Gasteiger charge is 2.51. The Labute approximate surface area is 296 Å². The second-order valence-electron chi connectivity index (χ2n) is 13.6. The van der Waals surface area contributed by atoms with Gasteiger partial charge >= 0.3 is 0 Å². The second-order valence-corrected chi connectivity index (χ2v) is 13.6. The Kier molecular flexibility index (Phi) is 5.91. The van der Waals surface area contributed by atoms with Crippen molar-refractivity contribution in [2.75, 3.05) is 4.90 Å². The zero-order chi connectivity index (χ0) is 33.5. The number of nitrogens with zero attached hydrogens (tertiary/aromatic N) is 1. The second kappa shape index (κ2) is 10.7. The lowest BCUT2D eigenvalue weighted by atomic mass is 9.70. The van der Waals surface area contributed by atoms with E-state index in [9.17, 15) is 0 Å². The van der Waals surface area contributed by atoms with Crippen LogP contribution in [0.2, 0.25) is 0 Å². The molecule has 2 aliphatic rings. The number of anilines is 3. The first-order valence-corrected chi connectivity index (χ1v) is 17.6. The summed E-state index contributed by atoms with van der Waals surface area (Å²) in [4.78, 5) is 2.30. The summed E-state index contributed by atoms with van der Waals surface area (Å²) in [5, 5.41) is 2.26. The van der Waals surface area contributed by atoms with Crippen LogP contribution < -0.4 is 4.90 Å². The van der Waals surface area contributed by atoms with E-state index >= 15 is 0 Å². The van der Waals surface area contributed by atoms with Gasteiger partial charge in [-0.25, -0.2) is 0 Å². The van der Waals surface area contributed by atoms with Crippen LogP contribution in [-0.4, -0.2) is 0 Å². The first kappa shape index (κ1) is 28.2. The third-order valence-corrected chi connectivity index (χ3v) is 11.1. The maximum atomic E-state index is 6.30. The molecule has 238 valence electrons. The fourth-order valence-corrected chi connectivity index (χ4v) is 8.96. The van der Waals surface area contributed by atoms with Gasteiger partial charge in [-0.1, -0.05) is 133 Å². The molecular formula is C49H31NO. The fraction of sp³-hybridized carbons (Fsp3) is 0.0204. The molecule has 1 aromatic heterocycles. The summed E-state index contributed by atoms with van der Waals surface area (Å²) >= 11 is 0. The van der Waals surface area contributed by atoms with Crippen molar-refractivity contribution in [1.29, 1.82) is 0 Å². The summed E-state index contributed by atoms with van der Waals surface area (Å²) < 4.78 is 6.30. The van der Waals surface area contributed by atoms with Gasteiger partial charge in [0, 0.05) is 33.9 Å². The van der Waals surface area contributed by atoms with E-state index in [-0.39, 0.29) is 5.41 Å². The zero-order valence-corrected chi connectivity index (χ0v) is 27.8. The molecule has 0 N–H and O–H groups in total. The minimum atomic E-state index is -0.321. The topological polar surface area (TPSA) is 16.4 Å². The number of hydrogen-bond donors (Lipinski definition) is 0. The molecule has 0 saturated heterocycles. The quantitative estimate of drug-likeness (QED) is 0.189. The highest BCUT2D eigenvalue weighted by Crippen LogP contribution is 2.63. The molecule has 0 radical (unpaired) electrons. The van der Waals surface area contributed by atoms with Crippen LogP contribution in [0.15, 0.2) is 192 Å². The number of hydrogen-bond acceptors (Lipinski definition) is 2. The van der Waals surface area contributed by atoms with E-state index in [1.165, 1.54) is 55.6 Å². The van der Waals surface area contributed by atoms with E-state index in [1.807, 2.05) is 12.1 Å². The molecule has 1 spiro atoms. The van der Waals surface area contributed by atoms with E-state index in [0.29, 0.717) is 0 Å². The summed E-state index contributed by atoms with van der Waals surface area (Å²) in [7, 11) is 0. The molecule has 1 heterocycles. The van der Waals surface area contributed by atoms with Crippen molar-refractivity contribution >= 4 is 39.0 Å². The average molecular weight is 650 g/mol. The van der Waals surface area contributed by atoms with Gasteiger partial charge in [0.25, 0.3) is 0 Å². The van der Waals surface area contributed by atoms with Crippen LogP contribution in [0.4, 0.5) is 17.1 Å². The van der Waals surface area contributed by atoms with Gasteiger partial charge in [0.2, 0.25) is 0 Å². The van der Waals surface area contributed by atoms with Crippen molar-refractivity contribution in [3.63, 3.8) is 0 Å². The van der Waals surface area contributed by atoms with Crippen molar-refractivity contribution in [2.45, 2.75) is 5.41 Å². The lowest BCUT2D eigenvalue weighted by molar-refractivity contribution is 0.669. The van der Waals surface area contributed by atoms with E-state index < -0.39 is 0 Å². The normalized spacial score (nSPS) is 13.3. The lowest BCUT2D eigenvalue weighted by Gasteiger charge is -2.30. The summed E-state index contributed by atoms with van der Waals surface area (Å²) in [6.07, 6.45) is 0. The van der Waals surface area contributed by atoms with Crippen LogP contribution in [0.25, 0.3) is 55.3 Å². The van der Waals surface area contributed by atoms with Crippen molar-refractivity contribution in [3.05, 3.63) is 210 Å². The Bertz CT molecular complexity index is 2760. The van der Waals surface area contributed by atoms with Crippen LogP contribution in [-0.2, 0) is 5.41 Å².